The number of aromatic amines is 1. The van der Waals surface area contributed by atoms with E-state index in [0.29, 0.717) is 0 Å². The average molecular weight is 399 g/mol. The molecule has 6 nitrogen and oxygen atoms in total. The molecule has 1 N–H and O–H groups in total. The minimum atomic E-state index is -4.87. The third-order valence-corrected chi connectivity index (χ3v) is 3.93. The van der Waals surface area contributed by atoms with E-state index in [0.717, 1.165) is 12.5 Å². The highest BCUT2D eigenvalue weighted by molar-refractivity contribution is 5.90. The molecular weight excluding hydrogens is 379 g/mol. The maximum Gasteiger partial charge on any atom is 0.429 e. The SMILES string of the molecule is COCc1[nH]c(C(=O)OCc2ccccc2)c(C)c1C(OC(C)=O)C(F)(F)F. The lowest BCUT2D eigenvalue weighted by Gasteiger charge is -2.21. The van der Waals surface area contributed by atoms with E-state index < -0.39 is 24.2 Å². The molecule has 1 aromatic carbocycles. The predicted octanol–water partition coefficient (Wildman–Crippen LogP) is 3.99. The van der Waals surface area contributed by atoms with E-state index in [1.165, 1.54) is 14.0 Å². The summed E-state index contributed by atoms with van der Waals surface area (Å²) >= 11 is 0. The molecule has 0 spiro atoms. The van der Waals surface area contributed by atoms with E-state index >= 15 is 0 Å². The quantitative estimate of drug-likeness (QED) is 0.713. The second-order valence-electron chi connectivity index (χ2n) is 6.04. The van der Waals surface area contributed by atoms with Crippen LogP contribution in [-0.4, -0.2) is 30.2 Å². The number of hydrogen-bond donors (Lipinski definition) is 1. The first-order valence-electron chi connectivity index (χ1n) is 8.30. The zero-order chi connectivity index (χ0) is 20.9. The van der Waals surface area contributed by atoms with Gasteiger partial charge in [-0.3, -0.25) is 4.79 Å². The second-order valence-corrected chi connectivity index (χ2v) is 6.04. The van der Waals surface area contributed by atoms with Gasteiger partial charge in [0, 0.05) is 25.3 Å². The Hall–Kier alpha value is -2.81. The number of hydrogen-bond acceptors (Lipinski definition) is 5. The van der Waals surface area contributed by atoms with Crippen molar-refractivity contribution in [2.45, 2.75) is 39.3 Å². The van der Waals surface area contributed by atoms with Crippen LogP contribution in [0.2, 0.25) is 0 Å². The number of halogens is 3. The van der Waals surface area contributed by atoms with Gasteiger partial charge >= 0.3 is 18.1 Å². The fourth-order valence-corrected chi connectivity index (χ4v) is 2.74. The van der Waals surface area contributed by atoms with Gasteiger partial charge < -0.3 is 19.2 Å². The Balaban J connectivity index is 2.37. The van der Waals surface area contributed by atoms with Crippen LogP contribution in [0.5, 0.6) is 0 Å². The van der Waals surface area contributed by atoms with Crippen LogP contribution in [0.3, 0.4) is 0 Å². The summed E-state index contributed by atoms with van der Waals surface area (Å²) in [6, 6.07) is 8.83. The van der Waals surface area contributed by atoms with Crippen LogP contribution in [-0.2, 0) is 32.2 Å². The van der Waals surface area contributed by atoms with Gasteiger partial charge in [0.15, 0.2) is 0 Å². The first kappa shape index (κ1) is 21.5. The summed E-state index contributed by atoms with van der Waals surface area (Å²) in [6.07, 6.45) is -7.39. The smallest absolute Gasteiger partial charge is 0.429 e. The van der Waals surface area contributed by atoms with Gasteiger partial charge in [-0.25, -0.2) is 4.79 Å². The number of benzene rings is 1. The fourth-order valence-electron chi connectivity index (χ4n) is 2.74. The summed E-state index contributed by atoms with van der Waals surface area (Å²) in [6.45, 7) is 1.92. The molecule has 1 heterocycles. The molecule has 0 fully saturated rings. The van der Waals surface area contributed by atoms with Crippen LogP contribution < -0.4 is 0 Å². The van der Waals surface area contributed by atoms with Crippen molar-refractivity contribution >= 4 is 11.9 Å². The van der Waals surface area contributed by atoms with E-state index in [4.69, 9.17) is 9.47 Å². The van der Waals surface area contributed by atoms with Crippen molar-refractivity contribution in [2.75, 3.05) is 7.11 Å². The molecule has 28 heavy (non-hydrogen) atoms. The Morgan fingerprint density at radius 1 is 1.14 bits per heavy atom. The Morgan fingerprint density at radius 3 is 2.32 bits per heavy atom. The van der Waals surface area contributed by atoms with Crippen LogP contribution >= 0.6 is 0 Å². The standard InChI is InChI=1S/C19H20F3NO5/c1-11-15(17(19(20,21)22)28-12(2)24)14(10-26-3)23-16(11)18(25)27-9-13-7-5-4-6-8-13/h4-8,17,23H,9-10H2,1-3H3. The number of ether oxygens (including phenoxy) is 3. The van der Waals surface area contributed by atoms with Crippen molar-refractivity contribution in [2.24, 2.45) is 0 Å². The van der Waals surface area contributed by atoms with Gasteiger partial charge in [0.25, 0.3) is 0 Å². The summed E-state index contributed by atoms with van der Waals surface area (Å²) in [5.74, 6) is -1.92. The van der Waals surface area contributed by atoms with Crippen molar-refractivity contribution in [3.63, 3.8) is 0 Å². The van der Waals surface area contributed by atoms with Crippen molar-refractivity contribution in [3.05, 3.63) is 58.4 Å². The van der Waals surface area contributed by atoms with Crippen LogP contribution in [0.4, 0.5) is 13.2 Å². The molecule has 0 amide bonds. The molecule has 1 unspecified atom stereocenters. The second kappa shape index (κ2) is 8.92. The van der Waals surface area contributed by atoms with Crippen LogP contribution in [0, 0.1) is 6.92 Å². The summed E-state index contributed by atoms with van der Waals surface area (Å²) in [5.41, 5.74) is 0.171. The number of carbonyl (C=O) groups is 2. The minimum absolute atomic E-state index is 0.0183. The zero-order valence-electron chi connectivity index (χ0n) is 15.6. The number of aromatic nitrogens is 1. The van der Waals surface area contributed by atoms with E-state index in [2.05, 4.69) is 9.72 Å². The summed E-state index contributed by atoms with van der Waals surface area (Å²) in [7, 11) is 1.29. The molecule has 0 aliphatic heterocycles. The van der Waals surface area contributed by atoms with Gasteiger partial charge in [0.2, 0.25) is 6.10 Å². The first-order valence-corrected chi connectivity index (χ1v) is 8.30. The molecule has 0 saturated carbocycles. The lowest BCUT2D eigenvalue weighted by molar-refractivity contribution is -0.223. The number of H-pyrrole nitrogens is 1. The van der Waals surface area contributed by atoms with E-state index in [9.17, 15) is 22.8 Å². The lowest BCUT2D eigenvalue weighted by atomic mass is 10.0. The van der Waals surface area contributed by atoms with E-state index in [1.54, 1.807) is 30.3 Å². The third-order valence-electron chi connectivity index (χ3n) is 3.93. The zero-order valence-corrected chi connectivity index (χ0v) is 15.6. The normalized spacial score (nSPS) is 12.5. The number of carbonyl (C=O) groups excluding carboxylic acids is 2. The summed E-state index contributed by atoms with van der Waals surface area (Å²) in [5, 5.41) is 0. The van der Waals surface area contributed by atoms with Crippen molar-refractivity contribution in [1.29, 1.82) is 0 Å². The maximum absolute atomic E-state index is 13.5. The molecule has 0 aliphatic rings. The molecule has 0 saturated heterocycles. The number of rotatable bonds is 7. The number of nitrogens with one attached hydrogen (secondary N) is 1. The van der Waals surface area contributed by atoms with Gasteiger partial charge in [-0.15, -0.1) is 0 Å². The van der Waals surface area contributed by atoms with Gasteiger partial charge in [-0.1, -0.05) is 30.3 Å². The van der Waals surface area contributed by atoms with Gasteiger partial charge in [0.05, 0.1) is 6.61 Å². The molecule has 0 bridgehead atoms. The highest BCUT2D eigenvalue weighted by Crippen LogP contribution is 2.40. The van der Waals surface area contributed by atoms with Crippen LogP contribution in [0.1, 0.15) is 45.9 Å². The Bertz CT molecular complexity index is 830. The monoisotopic (exact) mass is 399 g/mol. The van der Waals surface area contributed by atoms with Crippen molar-refractivity contribution < 1.29 is 37.0 Å². The summed E-state index contributed by atoms with van der Waals surface area (Å²) in [4.78, 5) is 26.2. The largest absolute Gasteiger partial charge is 0.456 e. The Kier molecular flexibility index (Phi) is 6.85. The topological polar surface area (TPSA) is 77.6 Å². The maximum atomic E-state index is 13.5. The van der Waals surface area contributed by atoms with Crippen LogP contribution in [0.15, 0.2) is 30.3 Å². The van der Waals surface area contributed by atoms with Gasteiger partial charge in [-0.05, 0) is 18.1 Å². The molecule has 2 rings (SSSR count). The molecule has 152 valence electrons. The van der Waals surface area contributed by atoms with Gasteiger partial charge in [-0.2, -0.15) is 13.2 Å². The molecule has 1 aromatic heterocycles. The molecule has 2 aromatic rings. The van der Waals surface area contributed by atoms with E-state index in [-0.39, 0.29) is 35.7 Å². The minimum Gasteiger partial charge on any atom is -0.456 e. The van der Waals surface area contributed by atoms with E-state index in [1.807, 2.05) is 0 Å². The van der Waals surface area contributed by atoms with Gasteiger partial charge in [0.1, 0.15) is 12.3 Å². The average Bonchev–Trinajstić information content (AvgIpc) is 2.94. The van der Waals surface area contributed by atoms with Crippen molar-refractivity contribution in [3.8, 4) is 0 Å². The fraction of sp³-hybridized carbons (Fsp3) is 0.368. The number of alkyl halides is 3. The third kappa shape index (κ3) is 5.13. The molecular formula is C19H20F3NO5. The Morgan fingerprint density at radius 2 is 1.79 bits per heavy atom. The first-order chi connectivity index (χ1) is 13.1. The molecule has 1 atom stereocenters. The highest BCUT2D eigenvalue weighted by atomic mass is 19.4. The van der Waals surface area contributed by atoms with Crippen molar-refractivity contribution in [1.82, 2.24) is 4.98 Å². The molecule has 0 aliphatic carbocycles. The summed E-state index contributed by atoms with van der Waals surface area (Å²) < 4.78 is 55.1. The predicted molar refractivity (Wildman–Crippen MR) is 92.4 cm³/mol. The Labute approximate surface area is 159 Å². The molecule has 9 heteroatoms. The lowest BCUT2D eigenvalue weighted by Crippen LogP contribution is -2.26. The number of esters is 2. The van der Waals surface area contributed by atoms with Crippen LogP contribution in [0.25, 0.3) is 0 Å². The molecule has 0 radical (unpaired) electrons. The highest BCUT2D eigenvalue weighted by Gasteiger charge is 2.47. The number of methoxy groups -OCH3 is 1.